The van der Waals surface area contributed by atoms with Crippen LogP contribution in [0.5, 0.6) is 0 Å². The first-order valence-corrected chi connectivity index (χ1v) is 7.65. The van der Waals surface area contributed by atoms with E-state index in [2.05, 4.69) is 12.2 Å². The van der Waals surface area contributed by atoms with Gasteiger partial charge in [-0.3, -0.25) is 9.59 Å². The van der Waals surface area contributed by atoms with Crippen LogP contribution in [-0.4, -0.2) is 25.2 Å². The maximum atomic E-state index is 12.1. The topological polar surface area (TPSA) is 52.6 Å². The van der Waals surface area contributed by atoms with E-state index >= 15 is 0 Å². The molecule has 20 heavy (non-hydrogen) atoms. The van der Waals surface area contributed by atoms with Gasteiger partial charge in [0.1, 0.15) is 0 Å². The summed E-state index contributed by atoms with van der Waals surface area (Å²) < 4.78 is 10.2. The molecule has 4 nitrogen and oxygen atoms in total. The molecule has 1 unspecified atom stereocenters. The highest BCUT2D eigenvalue weighted by Gasteiger charge is 2.45. The van der Waals surface area contributed by atoms with Crippen molar-refractivity contribution in [3.8, 4) is 0 Å². The first kappa shape index (κ1) is 15.1. The van der Waals surface area contributed by atoms with Crippen LogP contribution < -0.4 is 0 Å². The molecule has 4 heteroatoms. The van der Waals surface area contributed by atoms with Crippen LogP contribution in [-0.2, 0) is 19.1 Å². The summed E-state index contributed by atoms with van der Waals surface area (Å²) in [6, 6.07) is 0. The van der Waals surface area contributed by atoms with Gasteiger partial charge >= 0.3 is 11.9 Å². The molecule has 1 saturated carbocycles. The maximum Gasteiger partial charge on any atom is 0.320 e. The molecule has 3 atom stereocenters. The van der Waals surface area contributed by atoms with Crippen molar-refractivity contribution in [1.29, 1.82) is 0 Å². The number of rotatable bonds is 5. The average molecular weight is 280 g/mol. The average Bonchev–Trinajstić information content (AvgIpc) is 2.82. The number of carbonyl (C=O) groups is 2. The molecule has 0 aliphatic heterocycles. The summed E-state index contributed by atoms with van der Waals surface area (Å²) in [5.41, 5.74) is 0. The van der Waals surface area contributed by atoms with Crippen molar-refractivity contribution in [2.45, 2.75) is 39.5 Å². The van der Waals surface area contributed by atoms with Crippen molar-refractivity contribution >= 4 is 11.9 Å². The Morgan fingerprint density at radius 1 is 1.00 bits per heavy atom. The van der Waals surface area contributed by atoms with E-state index in [-0.39, 0.29) is 5.92 Å². The molecule has 2 rings (SSSR count). The van der Waals surface area contributed by atoms with Gasteiger partial charge in [0.2, 0.25) is 0 Å². The zero-order valence-electron chi connectivity index (χ0n) is 12.3. The second-order valence-electron chi connectivity index (χ2n) is 5.68. The third-order valence-electron chi connectivity index (χ3n) is 4.47. The number of hydrogen-bond acceptors (Lipinski definition) is 4. The molecular formula is C16H24O4. The minimum atomic E-state index is -0.736. The first-order chi connectivity index (χ1) is 9.67. The van der Waals surface area contributed by atoms with E-state index in [9.17, 15) is 9.59 Å². The Hall–Kier alpha value is -1.32. The van der Waals surface area contributed by atoms with E-state index in [1.807, 2.05) is 0 Å². The second kappa shape index (κ2) is 6.91. The normalized spacial score (nSPS) is 28.2. The Bertz CT molecular complexity index is 354. The lowest BCUT2D eigenvalue weighted by atomic mass is 9.86. The Balaban J connectivity index is 2.07. The van der Waals surface area contributed by atoms with Crippen LogP contribution in [0.2, 0.25) is 0 Å². The fraction of sp³-hybridized carbons (Fsp3) is 0.750. The third kappa shape index (κ3) is 3.22. The van der Waals surface area contributed by atoms with Crippen molar-refractivity contribution in [2.24, 2.45) is 23.7 Å². The predicted molar refractivity (Wildman–Crippen MR) is 74.8 cm³/mol. The van der Waals surface area contributed by atoms with Crippen LogP contribution >= 0.6 is 0 Å². The van der Waals surface area contributed by atoms with Gasteiger partial charge < -0.3 is 9.47 Å². The fourth-order valence-corrected chi connectivity index (χ4v) is 3.60. The number of esters is 2. The van der Waals surface area contributed by atoms with Crippen LogP contribution in [0.1, 0.15) is 39.5 Å². The standard InChI is InChI=1S/C16H24O4/c1-3-19-15(17)14(16(18)20-4-2)13-9-11-7-5-6-8-12(11)10-13/h5-6,11-14H,3-4,7-10H2,1-2H3/t11-,12+,13?. The SMILES string of the molecule is CCOC(=O)C(C(=O)OCC)C1C[C@H]2CC=CC[C@H]2C1. The highest BCUT2D eigenvalue weighted by atomic mass is 16.6. The van der Waals surface area contributed by atoms with Crippen LogP contribution in [0.25, 0.3) is 0 Å². The molecule has 112 valence electrons. The largest absolute Gasteiger partial charge is 0.465 e. The zero-order chi connectivity index (χ0) is 14.5. The first-order valence-electron chi connectivity index (χ1n) is 7.65. The molecule has 0 aromatic heterocycles. The molecule has 0 saturated heterocycles. The zero-order valence-corrected chi connectivity index (χ0v) is 12.3. The number of carbonyl (C=O) groups excluding carboxylic acids is 2. The van der Waals surface area contributed by atoms with Gasteiger partial charge in [-0.05, 0) is 57.3 Å². The van der Waals surface area contributed by atoms with E-state index < -0.39 is 17.9 Å². The van der Waals surface area contributed by atoms with Crippen molar-refractivity contribution in [3.05, 3.63) is 12.2 Å². The highest BCUT2D eigenvalue weighted by Crippen LogP contribution is 2.46. The number of hydrogen-bond donors (Lipinski definition) is 0. The molecule has 0 bridgehead atoms. The molecule has 0 aromatic rings. The molecule has 0 heterocycles. The Morgan fingerprint density at radius 3 is 1.85 bits per heavy atom. The van der Waals surface area contributed by atoms with Gasteiger partial charge in [-0.1, -0.05) is 12.2 Å². The Morgan fingerprint density at radius 2 is 1.45 bits per heavy atom. The van der Waals surface area contributed by atoms with Crippen molar-refractivity contribution in [2.75, 3.05) is 13.2 Å². The molecule has 1 fully saturated rings. The Kier molecular flexibility index (Phi) is 5.21. The van der Waals surface area contributed by atoms with Gasteiger partial charge in [0.15, 0.2) is 5.92 Å². The van der Waals surface area contributed by atoms with Crippen LogP contribution in [0.15, 0.2) is 12.2 Å². The second-order valence-corrected chi connectivity index (χ2v) is 5.68. The minimum Gasteiger partial charge on any atom is -0.465 e. The van der Waals surface area contributed by atoms with E-state index in [0.29, 0.717) is 25.0 Å². The quantitative estimate of drug-likeness (QED) is 0.441. The lowest BCUT2D eigenvalue weighted by molar-refractivity contribution is -0.164. The van der Waals surface area contributed by atoms with Crippen molar-refractivity contribution < 1.29 is 19.1 Å². The lowest BCUT2D eigenvalue weighted by Gasteiger charge is -2.20. The fourth-order valence-electron chi connectivity index (χ4n) is 3.60. The summed E-state index contributed by atoms with van der Waals surface area (Å²) in [6.07, 6.45) is 8.42. The summed E-state index contributed by atoms with van der Waals surface area (Å²) in [6.45, 7) is 4.13. The summed E-state index contributed by atoms with van der Waals surface area (Å²) in [4.78, 5) is 24.2. The maximum absolute atomic E-state index is 12.1. The highest BCUT2D eigenvalue weighted by molar-refractivity contribution is 5.95. The number of allylic oxidation sites excluding steroid dienone is 2. The Labute approximate surface area is 120 Å². The van der Waals surface area contributed by atoms with Gasteiger partial charge in [0, 0.05) is 0 Å². The smallest absolute Gasteiger partial charge is 0.320 e. The third-order valence-corrected chi connectivity index (χ3v) is 4.47. The van der Waals surface area contributed by atoms with Crippen LogP contribution in [0, 0.1) is 23.7 Å². The molecule has 0 spiro atoms. The monoisotopic (exact) mass is 280 g/mol. The molecule has 2 aliphatic carbocycles. The summed E-state index contributed by atoms with van der Waals surface area (Å²) >= 11 is 0. The molecule has 0 radical (unpaired) electrons. The lowest BCUT2D eigenvalue weighted by Crippen LogP contribution is -2.33. The van der Waals surface area contributed by atoms with Crippen molar-refractivity contribution in [1.82, 2.24) is 0 Å². The number of ether oxygens (including phenoxy) is 2. The molecule has 0 amide bonds. The molecule has 0 N–H and O–H groups in total. The van der Waals surface area contributed by atoms with Gasteiger partial charge in [0.25, 0.3) is 0 Å². The summed E-state index contributed by atoms with van der Waals surface area (Å²) in [7, 11) is 0. The molecule has 2 aliphatic rings. The number of fused-ring (bicyclic) bond motifs is 1. The molecule has 0 aromatic carbocycles. The minimum absolute atomic E-state index is 0.0722. The van der Waals surface area contributed by atoms with E-state index in [4.69, 9.17) is 9.47 Å². The van der Waals surface area contributed by atoms with Gasteiger partial charge in [-0.2, -0.15) is 0 Å². The van der Waals surface area contributed by atoms with E-state index in [0.717, 1.165) is 25.7 Å². The molecular weight excluding hydrogens is 256 g/mol. The van der Waals surface area contributed by atoms with Gasteiger partial charge in [-0.15, -0.1) is 0 Å². The van der Waals surface area contributed by atoms with Crippen LogP contribution in [0.3, 0.4) is 0 Å². The van der Waals surface area contributed by atoms with Gasteiger partial charge in [0.05, 0.1) is 13.2 Å². The predicted octanol–water partition coefficient (Wildman–Crippen LogP) is 2.72. The van der Waals surface area contributed by atoms with E-state index in [1.165, 1.54) is 0 Å². The summed E-state index contributed by atoms with van der Waals surface area (Å²) in [5.74, 6) is -0.277. The summed E-state index contributed by atoms with van der Waals surface area (Å²) in [5, 5.41) is 0. The van der Waals surface area contributed by atoms with E-state index in [1.54, 1.807) is 13.8 Å². The van der Waals surface area contributed by atoms with Crippen LogP contribution in [0.4, 0.5) is 0 Å². The van der Waals surface area contributed by atoms with Gasteiger partial charge in [-0.25, -0.2) is 0 Å². The van der Waals surface area contributed by atoms with Crippen molar-refractivity contribution in [3.63, 3.8) is 0 Å².